The molecule has 3 N–H and O–H groups in total. The van der Waals surface area contributed by atoms with Gasteiger partial charge >= 0.3 is 0 Å². The molecule has 0 aromatic heterocycles. The quantitative estimate of drug-likeness (QED) is 0.746. The Labute approximate surface area is 169 Å². The van der Waals surface area contributed by atoms with E-state index in [-0.39, 0.29) is 17.9 Å². The maximum absolute atomic E-state index is 12.6. The molecule has 2 unspecified atom stereocenters. The molecule has 0 bridgehead atoms. The number of benzene rings is 2. The molecular formula is C21H24ClN3O3. The predicted octanol–water partition coefficient (Wildman–Crippen LogP) is 3.20. The average molecular weight is 402 g/mol. The summed E-state index contributed by atoms with van der Waals surface area (Å²) in [6, 6.07) is 14.2. The van der Waals surface area contributed by atoms with Gasteiger partial charge in [0.1, 0.15) is 5.75 Å². The van der Waals surface area contributed by atoms with Crippen molar-refractivity contribution < 1.29 is 14.3 Å². The number of amides is 2. The lowest BCUT2D eigenvalue weighted by Gasteiger charge is -2.23. The fraction of sp³-hybridized carbons (Fsp3) is 0.333. The van der Waals surface area contributed by atoms with Gasteiger partial charge in [-0.15, -0.1) is 0 Å². The highest BCUT2D eigenvalue weighted by Crippen LogP contribution is 2.24. The molecule has 0 aliphatic carbocycles. The van der Waals surface area contributed by atoms with Crippen molar-refractivity contribution >= 4 is 29.1 Å². The van der Waals surface area contributed by atoms with Gasteiger partial charge in [-0.3, -0.25) is 14.5 Å². The van der Waals surface area contributed by atoms with Gasteiger partial charge in [0, 0.05) is 17.3 Å². The summed E-state index contributed by atoms with van der Waals surface area (Å²) in [5.41, 5.74) is 7.14. The van der Waals surface area contributed by atoms with Gasteiger partial charge < -0.3 is 15.8 Å². The van der Waals surface area contributed by atoms with Crippen LogP contribution in [0.3, 0.4) is 0 Å². The summed E-state index contributed by atoms with van der Waals surface area (Å²) in [6.07, 6.45) is 1.03. The molecule has 1 fully saturated rings. The van der Waals surface area contributed by atoms with E-state index in [1.54, 1.807) is 31.2 Å². The number of hydrogen-bond acceptors (Lipinski definition) is 4. The van der Waals surface area contributed by atoms with Crippen LogP contribution >= 0.6 is 11.6 Å². The Balaban J connectivity index is 1.66. The maximum atomic E-state index is 12.6. The Kier molecular flexibility index (Phi) is 6.54. The molecule has 6 nitrogen and oxygen atoms in total. The second-order valence-electron chi connectivity index (χ2n) is 6.89. The minimum Gasteiger partial charge on any atom is -0.481 e. The third kappa shape index (κ3) is 5.03. The van der Waals surface area contributed by atoms with Crippen LogP contribution < -0.4 is 15.8 Å². The number of hydrogen-bond donors (Lipinski definition) is 2. The molecule has 1 saturated heterocycles. The Morgan fingerprint density at radius 1 is 1.25 bits per heavy atom. The Bertz CT molecular complexity index is 841. The van der Waals surface area contributed by atoms with Crippen LogP contribution in [0.1, 0.15) is 25.3 Å². The molecule has 0 spiro atoms. The lowest BCUT2D eigenvalue weighted by molar-refractivity contribution is -0.123. The first-order chi connectivity index (χ1) is 13.4. The van der Waals surface area contributed by atoms with Crippen molar-refractivity contribution in [2.45, 2.75) is 38.5 Å². The van der Waals surface area contributed by atoms with E-state index in [2.05, 4.69) is 10.2 Å². The predicted molar refractivity (Wildman–Crippen MR) is 109 cm³/mol. The van der Waals surface area contributed by atoms with Gasteiger partial charge in [0.15, 0.2) is 6.10 Å². The van der Waals surface area contributed by atoms with Crippen molar-refractivity contribution in [2.24, 2.45) is 5.73 Å². The summed E-state index contributed by atoms with van der Waals surface area (Å²) in [5, 5.41) is 3.53. The molecule has 7 heteroatoms. The van der Waals surface area contributed by atoms with Crippen LogP contribution in [0.25, 0.3) is 0 Å². The number of rotatable bonds is 7. The molecule has 0 saturated carbocycles. The van der Waals surface area contributed by atoms with Crippen molar-refractivity contribution in [1.29, 1.82) is 0 Å². The van der Waals surface area contributed by atoms with Crippen molar-refractivity contribution in [3.05, 3.63) is 59.1 Å². The third-order valence-corrected chi connectivity index (χ3v) is 5.09. The second-order valence-corrected chi connectivity index (χ2v) is 7.33. The molecule has 1 aliphatic rings. The van der Waals surface area contributed by atoms with Gasteiger partial charge in [-0.25, -0.2) is 0 Å². The largest absolute Gasteiger partial charge is 0.481 e. The maximum Gasteiger partial charge on any atom is 0.265 e. The summed E-state index contributed by atoms with van der Waals surface area (Å²) < 4.78 is 5.68. The van der Waals surface area contributed by atoms with E-state index in [9.17, 15) is 9.59 Å². The van der Waals surface area contributed by atoms with Crippen molar-refractivity contribution in [1.82, 2.24) is 4.90 Å². The van der Waals surface area contributed by atoms with Crippen LogP contribution in [0.2, 0.25) is 5.02 Å². The van der Waals surface area contributed by atoms with E-state index in [0.29, 0.717) is 23.0 Å². The molecule has 2 aromatic carbocycles. The number of ether oxygens (including phenoxy) is 1. The number of nitrogens with zero attached hydrogens (tertiary/aromatic N) is 1. The average Bonchev–Trinajstić information content (AvgIpc) is 3.13. The molecule has 3 rings (SSSR count). The number of primary amides is 1. The lowest BCUT2D eigenvalue weighted by atomic mass is 10.1. The molecule has 1 aliphatic heterocycles. The van der Waals surface area contributed by atoms with Gasteiger partial charge in [0.25, 0.3) is 5.91 Å². The number of anilines is 1. The molecular weight excluding hydrogens is 378 g/mol. The zero-order chi connectivity index (χ0) is 20.1. The van der Waals surface area contributed by atoms with Crippen LogP contribution in [-0.2, 0) is 16.1 Å². The van der Waals surface area contributed by atoms with Crippen LogP contribution in [0.5, 0.6) is 5.75 Å². The van der Waals surface area contributed by atoms with Crippen LogP contribution in [0.4, 0.5) is 5.69 Å². The smallest absolute Gasteiger partial charge is 0.265 e. The van der Waals surface area contributed by atoms with E-state index in [4.69, 9.17) is 22.1 Å². The minimum atomic E-state index is -0.681. The number of carbonyl (C=O) groups is 2. The highest BCUT2D eigenvalue weighted by atomic mass is 35.5. The monoisotopic (exact) mass is 401 g/mol. The van der Waals surface area contributed by atoms with Gasteiger partial charge in [0.05, 0.1) is 6.04 Å². The van der Waals surface area contributed by atoms with Gasteiger partial charge in [-0.2, -0.15) is 0 Å². The first-order valence-electron chi connectivity index (χ1n) is 9.28. The normalized spacial score (nSPS) is 17.9. The fourth-order valence-corrected chi connectivity index (χ4v) is 3.47. The molecule has 2 atom stereocenters. The standard InChI is InChI=1S/C21H24ClN3O3/c1-14(28-17-10-8-16(22)9-11-17)21(27)24-18-6-3-2-5-15(18)13-25-12-4-7-19(25)20(23)26/h2-3,5-6,8-11,14,19H,4,7,12-13H2,1H3,(H2,23,26)(H,24,27). The molecule has 28 heavy (non-hydrogen) atoms. The Hall–Kier alpha value is -2.57. The molecule has 2 aromatic rings. The number of nitrogens with one attached hydrogen (secondary N) is 1. The van der Waals surface area contributed by atoms with E-state index < -0.39 is 6.10 Å². The zero-order valence-corrected chi connectivity index (χ0v) is 16.5. The Morgan fingerprint density at radius 3 is 2.68 bits per heavy atom. The zero-order valence-electron chi connectivity index (χ0n) is 15.7. The van der Waals surface area contributed by atoms with E-state index in [1.807, 2.05) is 24.3 Å². The van der Waals surface area contributed by atoms with Crippen LogP contribution in [0, 0.1) is 0 Å². The van der Waals surface area contributed by atoms with E-state index in [0.717, 1.165) is 24.9 Å². The second kappa shape index (κ2) is 9.08. The molecule has 0 radical (unpaired) electrons. The molecule has 148 valence electrons. The van der Waals surface area contributed by atoms with Gasteiger partial charge in [0.2, 0.25) is 5.91 Å². The minimum absolute atomic E-state index is 0.254. The van der Waals surface area contributed by atoms with Gasteiger partial charge in [-0.1, -0.05) is 29.8 Å². The molecule has 2 amide bonds. The van der Waals surface area contributed by atoms with Crippen molar-refractivity contribution in [3.63, 3.8) is 0 Å². The van der Waals surface area contributed by atoms with Crippen LogP contribution in [0.15, 0.2) is 48.5 Å². The summed E-state index contributed by atoms with van der Waals surface area (Å²) in [6.45, 7) is 3.05. The highest BCUT2D eigenvalue weighted by molar-refractivity contribution is 6.30. The van der Waals surface area contributed by atoms with Crippen molar-refractivity contribution in [3.8, 4) is 5.75 Å². The van der Waals surface area contributed by atoms with Crippen LogP contribution in [-0.4, -0.2) is 35.4 Å². The highest BCUT2D eigenvalue weighted by Gasteiger charge is 2.29. The third-order valence-electron chi connectivity index (χ3n) is 4.84. The lowest BCUT2D eigenvalue weighted by Crippen LogP contribution is -2.40. The summed E-state index contributed by atoms with van der Waals surface area (Å²) >= 11 is 5.87. The van der Waals surface area contributed by atoms with Crippen molar-refractivity contribution in [2.75, 3.05) is 11.9 Å². The number of halogens is 1. The van der Waals surface area contributed by atoms with E-state index >= 15 is 0 Å². The number of carbonyl (C=O) groups excluding carboxylic acids is 2. The van der Waals surface area contributed by atoms with E-state index in [1.165, 1.54) is 0 Å². The number of para-hydroxylation sites is 1. The van der Waals surface area contributed by atoms with Gasteiger partial charge in [-0.05, 0) is 62.2 Å². The molecule has 1 heterocycles. The first-order valence-corrected chi connectivity index (χ1v) is 9.66. The number of likely N-dealkylation sites (tertiary alicyclic amines) is 1. The summed E-state index contributed by atoms with van der Waals surface area (Å²) in [7, 11) is 0. The topological polar surface area (TPSA) is 84.7 Å². The Morgan fingerprint density at radius 2 is 1.96 bits per heavy atom. The summed E-state index contributed by atoms with van der Waals surface area (Å²) in [4.78, 5) is 26.3. The SMILES string of the molecule is CC(Oc1ccc(Cl)cc1)C(=O)Nc1ccccc1CN1CCCC1C(N)=O. The first kappa shape index (κ1) is 20.2. The summed E-state index contributed by atoms with van der Waals surface area (Å²) in [5.74, 6) is 0.0148. The number of nitrogens with two attached hydrogens (primary N) is 1. The fourth-order valence-electron chi connectivity index (χ4n) is 3.34.